The maximum Gasteiger partial charge on any atom is 0.336 e. The van der Waals surface area contributed by atoms with Crippen molar-refractivity contribution >= 4 is 60.7 Å². The molecular formula is C23H14N2O3. The minimum absolute atomic E-state index is 0.0248. The van der Waals surface area contributed by atoms with E-state index in [0.29, 0.717) is 10.8 Å². The number of amidine groups is 1. The molecule has 4 N–H and O–H groups in total. The SMILES string of the molecule is N=C(N)C(=O)c1ccc2c3cccc4cccc(c5ccc(C(=O)O)c1c52)c43. The van der Waals surface area contributed by atoms with Crippen molar-refractivity contribution in [3.63, 3.8) is 0 Å². The van der Waals surface area contributed by atoms with Gasteiger partial charge in [-0.2, -0.15) is 0 Å². The Hall–Kier alpha value is -3.99. The second-order valence-electron chi connectivity index (χ2n) is 6.83. The minimum atomic E-state index is -1.13. The van der Waals surface area contributed by atoms with Gasteiger partial charge in [-0.05, 0) is 49.8 Å². The fraction of sp³-hybridized carbons (Fsp3) is 0. The number of ketones is 1. The summed E-state index contributed by atoms with van der Waals surface area (Å²) in [5, 5.41) is 24.3. The molecule has 0 unspecified atom stereocenters. The number of nitrogens with two attached hydrogens (primary N) is 1. The standard InChI is InChI=1S/C23H14N2O3/c24-22(25)21(26)16-9-7-14-12-5-1-3-11-4-2-6-13(18(11)12)15-8-10-17(23(27)28)20(16)19(14)15/h1-10H,(H3,24,25)(H,27,28). The van der Waals surface area contributed by atoms with E-state index in [1.807, 2.05) is 42.5 Å². The third kappa shape index (κ3) is 1.98. The lowest BCUT2D eigenvalue weighted by molar-refractivity contribution is 0.0699. The number of rotatable bonds is 3. The number of carbonyl (C=O) groups excluding carboxylic acids is 1. The molecule has 0 amide bonds. The van der Waals surface area contributed by atoms with Gasteiger partial charge in [0, 0.05) is 10.9 Å². The van der Waals surface area contributed by atoms with Crippen molar-refractivity contribution in [1.29, 1.82) is 5.41 Å². The lowest BCUT2D eigenvalue weighted by Gasteiger charge is -2.17. The summed E-state index contributed by atoms with van der Waals surface area (Å²) in [7, 11) is 0. The number of nitrogens with one attached hydrogen (secondary N) is 1. The molecule has 0 spiro atoms. The third-order valence-corrected chi connectivity index (χ3v) is 5.37. The smallest absolute Gasteiger partial charge is 0.336 e. The molecule has 5 aromatic rings. The zero-order valence-electron chi connectivity index (χ0n) is 14.6. The van der Waals surface area contributed by atoms with Gasteiger partial charge in [0.25, 0.3) is 0 Å². The number of carboxylic acid groups (broad SMARTS) is 1. The van der Waals surface area contributed by atoms with Gasteiger partial charge in [-0.15, -0.1) is 0 Å². The third-order valence-electron chi connectivity index (χ3n) is 5.37. The molecule has 0 radical (unpaired) electrons. The van der Waals surface area contributed by atoms with Gasteiger partial charge < -0.3 is 10.8 Å². The van der Waals surface area contributed by atoms with Gasteiger partial charge in [-0.1, -0.05) is 48.5 Å². The van der Waals surface area contributed by atoms with Crippen molar-refractivity contribution in [1.82, 2.24) is 0 Å². The molecule has 0 aromatic heterocycles. The highest BCUT2D eigenvalue weighted by Crippen LogP contribution is 2.42. The topological polar surface area (TPSA) is 104 Å². The van der Waals surface area contributed by atoms with Gasteiger partial charge in [-0.25, -0.2) is 4.79 Å². The van der Waals surface area contributed by atoms with Crippen LogP contribution in [0.5, 0.6) is 0 Å². The fourth-order valence-corrected chi connectivity index (χ4v) is 4.25. The number of carbonyl (C=O) groups is 2. The van der Waals surface area contributed by atoms with Crippen LogP contribution in [0.2, 0.25) is 0 Å². The summed E-state index contributed by atoms with van der Waals surface area (Å²) in [5.41, 5.74) is 5.59. The molecule has 0 saturated carbocycles. The Morgan fingerprint density at radius 3 is 1.79 bits per heavy atom. The van der Waals surface area contributed by atoms with Gasteiger partial charge in [0.2, 0.25) is 5.78 Å². The molecule has 0 aliphatic heterocycles. The predicted molar refractivity (Wildman–Crippen MR) is 111 cm³/mol. The lowest BCUT2D eigenvalue weighted by Crippen LogP contribution is -2.23. The molecule has 0 aliphatic carbocycles. The van der Waals surface area contributed by atoms with Crippen LogP contribution in [0.1, 0.15) is 20.7 Å². The van der Waals surface area contributed by atoms with E-state index in [0.717, 1.165) is 32.3 Å². The second kappa shape index (κ2) is 5.50. The molecule has 5 rings (SSSR count). The Bertz CT molecular complexity index is 1430. The fourth-order valence-electron chi connectivity index (χ4n) is 4.25. The highest BCUT2D eigenvalue weighted by molar-refractivity contribution is 6.47. The van der Waals surface area contributed by atoms with Gasteiger partial charge in [0.1, 0.15) is 0 Å². The van der Waals surface area contributed by atoms with Crippen molar-refractivity contribution in [2.75, 3.05) is 0 Å². The summed E-state index contributed by atoms with van der Waals surface area (Å²) in [5.74, 6) is -2.42. The van der Waals surface area contributed by atoms with E-state index >= 15 is 0 Å². The van der Waals surface area contributed by atoms with E-state index in [1.54, 1.807) is 12.1 Å². The van der Waals surface area contributed by atoms with E-state index in [-0.39, 0.29) is 11.1 Å². The van der Waals surface area contributed by atoms with Crippen LogP contribution < -0.4 is 5.73 Å². The van der Waals surface area contributed by atoms with Crippen LogP contribution >= 0.6 is 0 Å². The molecule has 0 saturated heterocycles. The van der Waals surface area contributed by atoms with Crippen LogP contribution in [-0.4, -0.2) is 22.7 Å². The number of fused-ring (bicyclic) bond motifs is 2. The number of hydrogen-bond donors (Lipinski definition) is 3. The van der Waals surface area contributed by atoms with Crippen molar-refractivity contribution < 1.29 is 14.7 Å². The molecule has 0 heterocycles. The average Bonchev–Trinajstić information content (AvgIpc) is 2.70. The van der Waals surface area contributed by atoms with Crippen LogP contribution in [-0.2, 0) is 0 Å². The Morgan fingerprint density at radius 1 is 0.714 bits per heavy atom. The van der Waals surface area contributed by atoms with E-state index < -0.39 is 17.6 Å². The van der Waals surface area contributed by atoms with Crippen LogP contribution in [0, 0.1) is 5.41 Å². The van der Waals surface area contributed by atoms with Gasteiger partial charge in [0.05, 0.1) is 5.56 Å². The molecule has 5 nitrogen and oxygen atoms in total. The van der Waals surface area contributed by atoms with Gasteiger partial charge in [-0.3, -0.25) is 10.2 Å². The summed E-state index contributed by atoms with van der Waals surface area (Å²) in [6.45, 7) is 0. The summed E-state index contributed by atoms with van der Waals surface area (Å²) >= 11 is 0. The normalized spacial score (nSPS) is 11.6. The Balaban J connectivity index is 2.14. The van der Waals surface area contributed by atoms with Crippen molar-refractivity contribution in [3.8, 4) is 0 Å². The predicted octanol–water partition coefficient (Wildman–Crippen LogP) is 4.55. The van der Waals surface area contributed by atoms with E-state index in [1.165, 1.54) is 6.07 Å². The van der Waals surface area contributed by atoms with Gasteiger partial charge in [0.15, 0.2) is 5.84 Å². The summed E-state index contributed by atoms with van der Waals surface area (Å²) in [6.07, 6.45) is 0. The van der Waals surface area contributed by atoms with Crippen LogP contribution in [0.15, 0.2) is 60.7 Å². The Morgan fingerprint density at radius 2 is 1.25 bits per heavy atom. The number of hydrogen-bond acceptors (Lipinski definition) is 3. The quantitative estimate of drug-likeness (QED) is 0.143. The lowest BCUT2D eigenvalue weighted by atomic mass is 9.86. The molecule has 5 heteroatoms. The molecular weight excluding hydrogens is 352 g/mol. The Kier molecular flexibility index (Phi) is 3.18. The first-order chi connectivity index (χ1) is 13.5. The molecule has 0 fully saturated rings. The van der Waals surface area contributed by atoms with Crippen LogP contribution in [0.25, 0.3) is 43.1 Å². The molecule has 0 atom stereocenters. The summed E-state index contributed by atoms with van der Waals surface area (Å²) in [4.78, 5) is 24.5. The highest BCUT2D eigenvalue weighted by atomic mass is 16.4. The number of aromatic carboxylic acids is 1. The zero-order valence-corrected chi connectivity index (χ0v) is 14.6. The largest absolute Gasteiger partial charge is 0.478 e. The van der Waals surface area contributed by atoms with Crippen molar-refractivity contribution in [3.05, 3.63) is 71.8 Å². The second-order valence-corrected chi connectivity index (χ2v) is 6.83. The minimum Gasteiger partial charge on any atom is -0.478 e. The van der Waals surface area contributed by atoms with E-state index in [9.17, 15) is 14.7 Å². The van der Waals surface area contributed by atoms with E-state index in [2.05, 4.69) is 0 Å². The maximum absolute atomic E-state index is 12.6. The van der Waals surface area contributed by atoms with E-state index in [4.69, 9.17) is 11.1 Å². The number of benzene rings is 5. The summed E-state index contributed by atoms with van der Waals surface area (Å²) < 4.78 is 0. The van der Waals surface area contributed by atoms with Crippen molar-refractivity contribution in [2.24, 2.45) is 5.73 Å². The average molecular weight is 366 g/mol. The monoisotopic (exact) mass is 366 g/mol. The van der Waals surface area contributed by atoms with Crippen LogP contribution in [0.3, 0.4) is 0 Å². The molecule has 0 bridgehead atoms. The molecule has 28 heavy (non-hydrogen) atoms. The molecule has 134 valence electrons. The Labute approximate surface area is 158 Å². The zero-order chi connectivity index (χ0) is 19.6. The highest BCUT2D eigenvalue weighted by Gasteiger charge is 2.22. The first-order valence-electron chi connectivity index (χ1n) is 8.73. The number of Topliss-reactive ketones (excluding diaryl/α,β-unsaturated/α-hetero) is 1. The first kappa shape index (κ1) is 16.2. The molecule has 0 aliphatic rings. The van der Waals surface area contributed by atoms with Crippen LogP contribution in [0.4, 0.5) is 0 Å². The summed E-state index contributed by atoms with van der Waals surface area (Å²) in [6, 6.07) is 18.7. The first-order valence-corrected chi connectivity index (χ1v) is 8.73. The molecule has 5 aromatic carbocycles. The number of carboxylic acids is 1. The van der Waals surface area contributed by atoms with Crippen molar-refractivity contribution in [2.45, 2.75) is 0 Å². The van der Waals surface area contributed by atoms with Gasteiger partial charge >= 0.3 is 5.97 Å². The maximum atomic E-state index is 12.6.